The highest BCUT2D eigenvalue weighted by Crippen LogP contribution is 2.34. The molecule has 7 nitrogen and oxygen atoms in total. The van der Waals surface area contributed by atoms with Crippen molar-refractivity contribution in [3.8, 4) is 5.75 Å². The number of rotatable bonds is 3. The second kappa shape index (κ2) is 3.98. The lowest BCUT2D eigenvalue weighted by atomic mass is 10.2. The molecule has 19 heavy (non-hydrogen) atoms. The molecule has 0 aliphatic carbocycles. The molecule has 1 aliphatic rings. The van der Waals surface area contributed by atoms with E-state index in [1.54, 1.807) is 12.1 Å². The smallest absolute Gasteiger partial charge is 0.330 e. The number of ether oxygens (including phenoxy) is 1. The van der Waals surface area contributed by atoms with Crippen molar-refractivity contribution in [2.24, 2.45) is 0 Å². The van der Waals surface area contributed by atoms with Gasteiger partial charge in [0.1, 0.15) is 24.3 Å². The average Bonchev–Trinajstić information content (AvgIpc) is 2.66. The molecule has 1 aromatic carbocycles. The number of hydrogen-bond acceptors (Lipinski definition) is 4. The lowest BCUT2D eigenvalue weighted by Gasteiger charge is -2.17. The van der Waals surface area contributed by atoms with Gasteiger partial charge in [0.15, 0.2) is 0 Å². The standard InChI is InChI=1S/C12H11N3O4/c1-19-8-3-2-7-11-10(8)13-9(17)6-15(11)12(18)14(7)4-5-16/h2-3,5H,4,6H2,1H3,(H,13,17). The van der Waals surface area contributed by atoms with Gasteiger partial charge in [0.2, 0.25) is 5.91 Å². The van der Waals surface area contributed by atoms with Crippen LogP contribution in [-0.4, -0.2) is 28.4 Å². The number of benzene rings is 1. The van der Waals surface area contributed by atoms with Gasteiger partial charge in [-0.3, -0.25) is 13.9 Å². The van der Waals surface area contributed by atoms with Crippen LogP contribution in [0.2, 0.25) is 0 Å². The van der Waals surface area contributed by atoms with Crippen molar-refractivity contribution < 1.29 is 14.3 Å². The van der Waals surface area contributed by atoms with Crippen LogP contribution in [0.25, 0.3) is 11.0 Å². The van der Waals surface area contributed by atoms with Crippen LogP contribution in [0.3, 0.4) is 0 Å². The Morgan fingerprint density at radius 2 is 2.21 bits per heavy atom. The van der Waals surface area contributed by atoms with E-state index in [1.807, 2.05) is 0 Å². The summed E-state index contributed by atoms with van der Waals surface area (Å²) in [6, 6.07) is 3.37. The molecule has 2 aromatic rings. The van der Waals surface area contributed by atoms with Crippen LogP contribution >= 0.6 is 0 Å². The number of hydrogen-bond donors (Lipinski definition) is 1. The first kappa shape index (κ1) is 11.5. The van der Waals surface area contributed by atoms with E-state index in [4.69, 9.17) is 4.74 Å². The van der Waals surface area contributed by atoms with E-state index in [2.05, 4.69) is 5.32 Å². The summed E-state index contributed by atoms with van der Waals surface area (Å²) in [5, 5.41) is 2.70. The molecule has 0 spiro atoms. The molecule has 1 aromatic heterocycles. The monoisotopic (exact) mass is 261 g/mol. The molecule has 98 valence electrons. The number of aldehydes is 1. The Bertz CT molecular complexity index is 756. The van der Waals surface area contributed by atoms with E-state index in [-0.39, 0.29) is 24.7 Å². The molecule has 1 amide bonds. The van der Waals surface area contributed by atoms with Crippen LogP contribution in [-0.2, 0) is 22.7 Å². The number of imidazole rings is 1. The van der Waals surface area contributed by atoms with E-state index < -0.39 is 0 Å². The molecule has 0 unspecified atom stereocenters. The fraction of sp³-hybridized carbons (Fsp3) is 0.250. The highest BCUT2D eigenvalue weighted by molar-refractivity contribution is 6.05. The van der Waals surface area contributed by atoms with Crippen LogP contribution in [0.1, 0.15) is 0 Å². The molecular weight excluding hydrogens is 250 g/mol. The maximum atomic E-state index is 12.2. The van der Waals surface area contributed by atoms with Crippen molar-refractivity contribution in [1.29, 1.82) is 0 Å². The molecule has 7 heteroatoms. The summed E-state index contributed by atoms with van der Waals surface area (Å²) in [4.78, 5) is 34.5. The van der Waals surface area contributed by atoms with Crippen LogP contribution in [0.5, 0.6) is 5.75 Å². The molecular formula is C12H11N3O4. The van der Waals surface area contributed by atoms with Gasteiger partial charge in [0.25, 0.3) is 0 Å². The molecule has 0 radical (unpaired) electrons. The summed E-state index contributed by atoms with van der Waals surface area (Å²) in [6.07, 6.45) is 0.655. The van der Waals surface area contributed by atoms with Crippen LogP contribution in [0.15, 0.2) is 16.9 Å². The van der Waals surface area contributed by atoms with E-state index in [0.29, 0.717) is 28.8 Å². The van der Waals surface area contributed by atoms with E-state index in [1.165, 1.54) is 16.2 Å². The third-order valence-electron chi connectivity index (χ3n) is 3.18. The second-order valence-electron chi connectivity index (χ2n) is 4.20. The first-order valence-electron chi connectivity index (χ1n) is 5.71. The quantitative estimate of drug-likeness (QED) is 0.786. The van der Waals surface area contributed by atoms with Crippen LogP contribution in [0.4, 0.5) is 5.69 Å². The molecule has 2 heterocycles. The minimum Gasteiger partial charge on any atom is -0.494 e. The Morgan fingerprint density at radius 3 is 2.89 bits per heavy atom. The Morgan fingerprint density at radius 1 is 1.42 bits per heavy atom. The number of amides is 1. The predicted octanol–water partition coefficient (Wildman–Crippen LogP) is -0.0374. The molecule has 0 saturated heterocycles. The molecule has 3 rings (SSSR count). The average molecular weight is 261 g/mol. The van der Waals surface area contributed by atoms with Gasteiger partial charge in [0.05, 0.1) is 24.7 Å². The zero-order valence-electron chi connectivity index (χ0n) is 10.2. The van der Waals surface area contributed by atoms with E-state index in [0.717, 1.165) is 0 Å². The highest BCUT2D eigenvalue weighted by Gasteiger charge is 2.25. The third kappa shape index (κ3) is 1.48. The Kier molecular flexibility index (Phi) is 2.41. The number of aromatic nitrogens is 2. The number of anilines is 1. The number of carbonyl (C=O) groups excluding carboxylic acids is 2. The van der Waals surface area contributed by atoms with Crippen LogP contribution < -0.4 is 15.7 Å². The van der Waals surface area contributed by atoms with Gasteiger partial charge in [-0.25, -0.2) is 4.79 Å². The Hall–Kier alpha value is -2.57. The lowest BCUT2D eigenvalue weighted by Crippen LogP contribution is -2.32. The maximum absolute atomic E-state index is 12.2. The highest BCUT2D eigenvalue weighted by atomic mass is 16.5. The third-order valence-corrected chi connectivity index (χ3v) is 3.18. The van der Waals surface area contributed by atoms with E-state index >= 15 is 0 Å². The summed E-state index contributed by atoms with van der Waals surface area (Å²) < 4.78 is 7.88. The number of methoxy groups -OCH3 is 1. The largest absolute Gasteiger partial charge is 0.494 e. The fourth-order valence-corrected chi connectivity index (χ4v) is 2.41. The zero-order valence-corrected chi connectivity index (χ0v) is 10.2. The van der Waals surface area contributed by atoms with Gasteiger partial charge < -0.3 is 14.8 Å². The van der Waals surface area contributed by atoms with Gasteiger partial charge in [-0.2, -0.15) is 0 Å². The first-order chi connectivity index (χ1) is 9.17. The van der Waals surface area contributed by atoms with Crippen molar-refractivity contribution in [2.75, 3.05) is 12.4 Å². The molecule has 0 saturated carbocycles. The molecule has 1 aliphatic heterocycles. The van der Waals surface area contributed by atoms with Gasteiger partial charge in [-0.05, 0) is 12.1 Å². The van der Waals surface area contributed by atoms with Gasteiger partial charge in [-0.1, -0.05) is 0 Å². The molecule has 0 atom stereocenters. The fourth-order valence-electron chi connectivity index (χ4n) is 2.41. The first-order valence-corrected chi connectivity index (χ1v) is 5.71. The van der Waals surface area contributed by atoms with Gasteiger partial charge in [-0.15, -0.1) is 0 Å². The van der Waals surface area contributed by atoms with Crippen molar-refractivity contribution in [2.45, 2.75) is 13.1 Å². The van der Waals surface area contributed by atoms with Crippen molar-refractivity contribution in [3.63, 3.8) is 0 Å². The number of carbonyl (C=O) groups is 2. The predicted molar refractivity (Wildman–Crippen MR) is 67.4 cm³/mol. The van der Waals surface area contributed by atoms with Crippen molar-refractivity contribution in [1.82, 2.24) is 9.13 Å². The molecule has 1 N–H and O–H groups in total. The SMILES string of the molecule is COc1ccc2c3c1NC(=O)Cn3c(=O)n2CC=O. The van der Waals surface area contributed by atoms with Crippen molar-refractivity contribution in [3.05, 3.63) is 22.6 Å². The normalized spacial score (nSPS) is 13.4. The zero-order chi connectivity index (χ0) is 13.6. The summed E-state index contributed by atoms with van der Waals surface area (Å²) in [6.45, 7) is -0.0936. The maximum Gasteiger partial charge on any atom is 0.330 e. The second-order valence-corrected chi connectivity index (χ2v) is 4.20. The summed E-state index contributed by atoms with van der Waals surface area (Å²) >= 11 is 0. The van der Waals surface area contributed by atoms with Crippen LogP contribution in [0, 0.1) is 0 Å². The lowest BCUT2D eigenvalue weighted by molar-refractivity contribution is -0.116. The molecule has 0 fully saturated rings. The topological polar surface area (TPSA) is 82.3 Å². The van der Waals surface area contributed by atoms with Gasteiger partial charge >= 0.3 is 5.69 Å². The summed E-state index contributed by atoms with van der Waals surface area (Å²) in [5.74, 6) is 0.196. The van der Waals surface area contributed by atoms with Gasteiger partial charge in [0, 0.05) is 0 Å². The summed E-state index contributed by atoms with van der Waals surface area (Å²) in [7, 11) is 1.49. The Balaban J connectivity index is 2.44. The minimum absolute atomic E-state index is 0.0394. The van der Waals surface area contributed by atoms with E-state index in [9.17, 15) is 14.4 Å². The molecule has 0 bridgehead atoms. The number of nitrogens with one attached hydrogen (secondary N) is 1. The number of nitrogens with zero attached hydrogens (tertiary/aromatic N) is 2. The Labute approximate surface area is 107 Å². The summed E-state index contributed by atoms with van der Waals surface area (Å²) in [5.41, 5.74) is 1.29. The van der Waals surface area contributed by atoms with Crippen molar-refractivity contribution >= 4 is 28.9 Å². The minimum atomic E-state index is -0.369.